The molecule has 0 bridgehead atoms. The molecule has 24 heavy (non-hydrogen) atoms. The zero-order chi connectivity index (χ0) is 17.3. The molecule has 0 aliphatic carbocycles. The molecule has 0 saturated carbocycles. The van der Waals surface area contributed by atoms with Crippen LogP contribution in [0.15, 0.2) is 12.3 Å². The van der Waals surface area contributed by atoms with Crippen molar-refractivity contribution in [1.82, 2.24) is 20.0 Å². The van der Waals surface area contributed by atoms with Gasteiger partial charge in [0.15, 0.2) is 9.84 Å². The Balaban J connectivity index is 1.78. The Morgan fingerprint density at radius 2 is 2.08 bits per heavy atom. The third-order valence-corrected chi connectivity index (χ3v) is 7.24. The van der Waals surface area contributed by atoms with Gasteiger partial charge >= 0.3 is 0 Å². The average Bonchev–Trinajstić information content (AvgIpc) is 2.95. The lowest BCUT2D eigenvalue weighted by atomic mass is 10.0. The molecule has 8 heteroatoms. The van der Waals surface area contributed by atoms with Crippen LogP contribution in [-0.4, -0.2) is 77.5 Å². The van der Waals surface area contributed by atoms with Crippen molar-refractivity contribution in [3.63, 3.8) is 0 Å². The van der Waals surface area contributed by atoms with E-state index >= 15 is 0 Å². The fourth-order valence-corrected chi connectivity index (χ4v) is 5.95. The van der Waals surface area contributed by atoms with Crippen molar-refractivity contribution in [3.05, 3.63) is 18.0 Å². The van der Waals surface area contributed by atoms with Crippen LogP contribution in [-0.2, 0) is 9.84 Å². The largest absolute Gasteiger partial charge is 0.337 e. The summed E-state index contributed by atoms with van der Waals surface area (Å²) >= 11 is 0. The van der Waals surface area contributed by atoms with Crippen molar-refractivity contribution >= 4 is 15.7 Å². The Morgan fingerprint density at radius 3 is 2.75 bits per heavy atom. The van der Waals surface area contributed by atoms with Gasteiger partial charge in [-0.1, -0.05) is 13.8 Å². The van der Waals surface area contributed by atoms with Crippen molar-refractivity contribution < 1.29 is 13.2 Å². The minimum absolute atomic E-state index is 0.0192. The molecular weight excluding hydrogens is 328 g/mol. The molecule has 1 N–H and O–H groups in total. The summed E-state index contributed by atoms with van der Waals surface area (Å²) in [7, 11) is -3.08. The molecule has 2 aliphatic rings. The van der Waals surface area contributed by atoms with Crippen LogP contribution in [0.3, 0.4) is 0 Å². The molecule has 1 amide bonds. The number of amides is 1. The van der Waals surface area contributed by atoms with E-state index in [9.17, 15) is 13.2 Å². The molecule has 0 aromatic carbocycles. The minimum Gasteiger partial charge on any atom is -0.337 e. The van der Waals surface area contributed by atoms with Gasteiger partial charge in [0.05, 0.1) is 11.0 Å². The Kier molecular flexibility index (Phi) is 4.96. The molecule has 2 fully saturated rings. The highest BCUT2D eigenvalue weighted by atomic mass is 32.2. The van der Waals surface area contributed by atoms with E-state index in [0.29, 0.717) is 44.1 Å². The summed E-state index contributed by atoms with van der Waals surface area (Å²) in [5.41, 5.74) is 0.460. The zero-order valence-electron chi connectivity index (χ0n) is 14.3. The van der Waals surface area contributed by atoms with Crippen LogP contribution >= 0.6 is 0 Å². The second-order valence-electron chi connectivity index (χ2n) is 7.20. The zero-order valence-corrected chi connectivity index (χ0v) is 15.1. The number of rotatable bonds is 3. The van der Waals surface area contributed by atoms with Crippen LogP contribution in [0.4, 0.5) is 0 Å². The molecule has 0 unspecified atom stereocenters. The molecule has 3 heterocycles. The number of nitrogens with one attached hydrogen (secondary N) is 1. The van der Waals surface area contributed by atoms with Crippen LogP contribution in [0.1, 0.15) is 37.2 Å². The number of hydrogen-bond donors (Lipinski definition) is 1. The van der Waals surface area contributed by atoms with Gasteiger partial charge in [-0.3, -0.25) is 14.8 Å². The third-order valence-electron chi connectivity index (χ3n) is 5.02. The van der Waals surface area contributed by atoms with Crippen LogP contribution in [0, 0.1) is 5.92 Å². The molecular formula is C16H26N4O3S. The first-order valence-corrected chi connectivity index (χ1v) is 10.3. The predicted octanol–water partition coefficient (Wildman–Crippen LogP) is 0.769. The number of sulfone groups is 1. The van der Waals surface area contributed by atoms with Crippen molar-refractivity contribution in [2.24, 2.45) is 5.92 Å². The summed E-state index contributed by atoms with van der Waals surface area (Å²) in [6, 6.07) is 1.67. The first kappa shape index (κ1) is 17.4. The summed E-state index contributed by atoms with van der Waals surface area (Å²) in [6.45, 7) is 6.89. The maximum Gasteiger partial charge on any atom is 0.271 e. The quantitative estimate of drug-likeness (QED) is 0.866. The van der Waals surface area contributed by atoms with E-state index in [0.717, 1.165) is 6.54 Å². The van der Waals surface area contributed by atoms with Crippen molar-refractivity contribution in [2.45, 2.75) is 38.0 Å². The highest BCUT2D eigenvalue weighted by Crippen LogP contribution is 2.29. The van der Waals surface area contributed by atoms with E-state index in [2.05, 4.69) is 28.9 Å². The number of aromatic amines is 1. The van der Waals surface area contributed by atoms with Gasteiger partial charge in [0.1, 0.15) is 5.69 Å². The first-order chi connectivity index (χ1) is 11.4. The number of carbonyl (C=O) groups excluding carboxylic acids is 1. The number of H-pyrrole nitrogens is 1. The second-order valence-corrected chi connectivity index (χ2v) is 9.54. The van der Waals surface area contributed by atoms with E-state index in [1.165, 1.54) is 0 Å². The highest BCUT2D eigenvalue weighted by molar-refractivity contribution is 7.92. The van der Waals surface area contributed by atoms with Gasteiger partial charge in [-0.2, -0.15) is 5.10 Å². The monoisotopic (exact) mass is 354 g/mol. The van der Waals surface area contributed by atoms with E-state index in [-0.39, 0.29) is 23.0 Å². The normalized spacial score (nSPS) is 27.7. The molecule has 1 aromatic heterocycles. The van der Waals surface area contributed by atoms with Gasteiger partial charge in [0.2, 0.25) is 0 Å². The summed E-state index contributed by atoms with van der Waals surface area (Å²) in [5.74, 6) is 0.631. The Labute approximate surface area is 143 Å². The standard InChI is InChI=1S/C16H26N4O3S/c1-12(2)11-20-9-10-24(22,23)15-5-8-19(7-4-14(15)20)16(21)13-3-6-17-18-13/h3,6,12,14-15H,4-5,7-11H2,1-2H3,(H,17,18)/t14-,15+/m0/s1. The van der Waals surface area contributed by atoms with Crippen molar-refractivity contribution in [1.29, 1.82) is 0 Å². The Hall–Kier alpha value is -1.41. The number of nitrogens with zero attached hydrogens (tertiary/aromatic N) is 3. The fraction of sp³-hybridized carbons (Fsp3) is 0.750. The molecule has 7 nitrogen and oxygen atoms in total. The molecule has 0 radical (unpaired) electrons. The van der Waals surface area contributed by atoms with Gasteiger partial charge in [-0.15, -0.1) is 0 Å². The Bertz CT molecular complexity index is 672. The summed E-state index contributed by atoms with van der Waals surface area (Å²) in [4.78, 5) is 16.6. The fourth-order valence-electron chi connectivity index (χ4n) is 3.90. The van der Waals surface area contributed by atoms with E-state index in [1.807, 2.05) is 0 Å². The van der Waals surface area contributed by atoms with E-state index < -0.39 is 9.84 Å². The average molecular weight is 354 g/mol. The van der Waals surface area contributed by atoms with Crippen molar-refractivity contribution in [2.75, 3.05) is 31.9 Å². The first-order valence-electron chi connectivity index (χ1n) is 8.63. The van der Waals surface area contributed by atoms with Gasteiger partial charge in [-0.05, 0) is 24.8 Å². The van der Waals surface area contributed by atoms with Crippen LogP contribution in [0.5, 0.6) is 0 Å². The number of aromatic nitrogens is 2. The van der Waals surface area contributed by atoms with Crippen LogP contribution in [0.25, 0.3) is 0 Å². The molecule has 0 spiro atoms. The lowest BCUT2D eigenvalue weighted by Gasteiger charge is -2.40. The van der Waals surface area contributed by atoms with Gasteiger partial charge in [-0.25, -0.2) is 8.42 Å². The topological polar surface area (TPSA) is 86.4 Å². The highest BCUT2D eigenvalue weighted by Gasteiger charge is 2.43. The SMILES string of the molecule is CC(C)CN1CCS(=O)(=O)[C@@H]2CCN(C(=O)c3ccn[nH]3)CC[C@@H]21. The maximum absolute atomic E-state index is 12.6. The number of carbonyl (C=O) groups is 1. The van der Waals surface area contributed by atoms with E-state index in [1.54, 1.807) is 17.2 Å². The maximum atomic E-state index is 12.6. The summed E-state index contributed by atoms with van der Waals surface area (Å²) < 4.78 is 25.1. The number of hydrogen-bond acceptors (Lipinski definition) is 5. The lowest BCUT2D eigenvalue weighted by molar-refractivity contribution is 0.0750. The molecule has 2 saturated heterocycles. The molecule has 134 valence electrons. The second kappa shape index (κ2) is 6.84. The predicted molar refractivity (Wildman–Crippen MR) is 91.5 cm³/mol. The van der Waals surface area contributed by atoms with E-state index in [4.69, 9.17) is 0 Å². The third kappa shape index (κ3) is 3.49. The van der Waals surface area contributed by atoms with Crippen LogP contribution < -0.4 is 0 Å². The van der Waals surface area contributed by atoms with Gasteiger partial charge < -0.3 is 4.90 Å². The minimum atomic E-state index is -3.08. The summed E-state index contributed by atoms with van der Waals surface area (Å²) in [6.07, 6.45) is 2.78. The van der Waals surface area contributed by atoms with Crippen molar-refractivity contribution in [3.8, 4) is 0 Å². The smallest absolute Gasteiger partial charge is 0.271 e. The molecule has 2 atom stereocenters. The van der Waals surface area contributed by atoms with Gasteiger partial charge in [0, 0.05) is 38.4 Å². The Morgan fingerprint density at radius 1 is 1.33 bits per heavy atom. The summed E-state index contributed by atoms with van der Waals surface area (Å²) in [5, 5.41) is 6.17. The van der Waals surface area contributed by atoms with Gasteiger partial charge in [0.25, 0.3) is 5.91 Å². The lowest BCUT2D eigenvalue weighted by Crippen LogP contribution is -2.55. The molecule has 2 aliphatic heterocycles. The molecule has 3 rings (SSSR count). The van der Waals surface area contributed by atoms with Crippen LogP contribution in [0.2, 0.25) is 0 Å². The number of fused-ring (bicyclic) bond motifs is 1. The molecule has 1 aromatic rings. The number of likely N-dealkylation sites (tertiary alicyclic amines) is 1.